The Labute approximate surface area is 117 Å². The normalized spacial score (nSPS) is 12.8. The second kappa shape index (κ2) is 4.38. The summed E-state index contributed by atoms with van der Waals surface area (Å²) in [6.07, 6.45) is 3.69. The van der Waals surface area contributed by atoms with Crippen molar-refractivity contribution in [1.29, 1.82) is 0 Å². The number of nitrogens with one attached hydrogen (secondary N) is 2. The second-order valence-electron chi connectivity index (χ2n) is 4.52. The number of thiazole rings is 1. The summed E-state index contributed by atoms with van der Waals surface area (Å²) in [6.45, 7) is 0. The van der Waals surface area contributed by atoms with Crippen molar-refractivity contribution in [3.63, 3.8) is 0 Å². The summed E-state index contributed by atoms with van der Waals surface area (Å²) in [5.74, 6) is -0.0445. The van der Waals surface area contributed by atoms with Crippen LogP contribution in [0.2, 0.25) is 0 Å². The molecular weight excluding hydrogens is 277 g/mol. The maximum Gasteiger partial charge on any atom is 0.214 e. The van der Waals surface area contributed by atoms with Crippen molar-refractivity contribution >= 4 is 22.3 Å². The molecular formula is C13H10FN5S. The maximum atomic E-state index is 13.1. The molecule has 0 aliphatic heterocycles. The van der Waals surface area contributed by atoms with Crippen LogP contribution in [0.25, 0.3) is 11.3 Å². The van der Waals surface area contributed by atoms with E-state index in [1.807, 2.05) is 0 Å². The van der Waals surface area contributed by atoms with E-state index in [0.717, 1.165) is 34.9 Å². The van der Waals surface area contributed by atoms with Crippen molar-refractivity contribution in [2.24, 2.45) is 0 Å². The lowest BCUT2D eigenvalue weighted by atomic mass is 10.0. The Morgan fingerprint density at radius 3 is 3.10 bits per heavy atom. The summed E-state index contributed by atoms with van der Waals surface area (Å²) in [4.78, 5) is 9.57. The molecule has 0 spiro atoms. The van der Waals surface area contributed by atoms with E-state index in [9.17, 15) is 4.39 Å². The van der Waals surface area contributed by atoms with Crippen molar-refractivity contribution in [3.8, 4) is 11.3 Å². The van der Waals surface area contributed by atoms with Crippen molar-refractivity contribution < 1.29 is 4.39 Å². The molecule has 0 saturated heterocycles. The molecule has 1 aliphatic rings. The molecule has 0 unspecified atom stereocenters. The summed E-state index contributed by atoms with van der Waals surface area (Å²) >= 11 is 1.58. The average Bonchev–Trinajstić information content (AvgIpc) is 3.02. The Hall–Kier alpha value is -2.28. The molecule has 7 heteroatoms. The minimum absolute atomic E-state index is 0.462. The zero-order valence-electron chi connectivity index (χ0n) is 10.4. The summed E-state index contributed by atoms with van der Waals surface area (Å²) in [5.41, 5.74) is 3.14. The molecule has 0 radical (unpaired) electrons. The number of halogens is 1. The third-order valence-corrected chi connectivity index (χ3v) is 4.25. The van der Waals surface area contributed by atoms with Gasteiger partial charge < -0.3 is 5.32 Å². The zero-order valence-corrected chi connectivity index (χ0v) is 11.2. The van der Waals surface area contributed by atoms with E-state index in [1.165, 1.54) is 10.9 Å². The van der Waals surface area contributed by atoms with Crippen LogP contribution in [0.3, 0.4) is 0 Å². The lowest BCUT2D eigenvalue weighted by Crippen LogP contribution is -2.00. The average molecular weight is 287 g/mol. The van der Waals surface area contributed by atoms with Gasteiger partial charge in [-0.25, -0.2) is 9.97 Å². The number of H-pyrrole nitrogens is 1. The van der Waals surface area contributed by atoms with Gasteiger partial charge in [0.25, 0.3) is 0 Å². The van der Waals surface area contributed by atoms with Gasteiger partial charge in [-0.3, -0.25) is 5.10 Å². The highest BCUT2D eigenvalue weighted by Crippen LogP contribution is 2.37. The van der Waals surface area contributed by atoms with E-state index in [2.05, 4.69) is 25.5 Å². The molecule has 20 heavy (non-hydrogen) atoms. The van der Waals surface area contributed by atoms with Crippen LogP contribution in [0.1, 0.15) is 10.6 Å². The lowest BCUT2D eigenvalue weighted by molar-refractivity contribution is 0.585. The number of aromatic nitrogens is 4. The second-order valence-corrected chi connectivity index (χ2v) is 5.61. The number of hydrogen-bond acceptors (Lipinski definition) is 5. The van der Waals surface area contributed by atoms with E-state index in [1.54, 1.807) is 29.7 Å². The number of pyridine rings is 1. The Balaban J connectivity index is 1.69. The summed E-state index contributed by atoms with van der Waals surface area (Å²) < 4.78 is 13.1. The molecule has 0 bridgehead atoms. The van der Waals surface area contributed by atoms with Gasteiger partial charge in [0, 0.05) is 16.1 Å². The molecule has 0 saturated carbocycles. The number of fused-ring (bicyclic) bond motifs is 3. The molecule has 0 aromatic carbocycles. The first-order valence-corrected chi connectivity index (χ1v) is 7.03. The molecule has 3 aromatic rings. The fraction of sp³-hybridized carbons (Fsp3) is 0.154. The highest BCUT2D eigenvalue weighted by atomic mass is 32.1. The Morgan fingerprint density at radius 2 is 2.20 bits per heavy atom. The van der Waals surface area contributed by atoms with E-state index >= 15 is 0 Å². The van der Waals surface area contributed by atoms with Crippen LogP contribution >= 0.6 is 11.3 Å². The van der Waals surface area contributed by atoms with Gasteiger partial charge in [0.2, 0.25) is 5.95 Å². The molecule has 5 nitrogen and oxygen atoms in total. The summed E-state index contributed by atoms with van der Waals surface area (Å²) in [5, 5.41) is 10.8. The SMILES string of the molecule is Fc1cccc(Nc2nc3c(s2)CCc2[nH]ncc2-3)n1. The van der Waals surface area contributed by atoms with Gasteiger partial charge in [-0.2, -0.15) is 9.49 Å². The number of aryl methyl sites for hydroxylation is 2. The fourth-order valence-corrected chi connectivity index (χ4v) is 3.30. The summed E-state index contributed by atoms with van der Waals surface area (Å²) in [7, 11) is 0. The van der Waals surface area contributed by atoms with Gasteiger partial charge in [0.1, 0.15) is 5.82 Å². The van der Waals surface area contributed by atoms with E-state index in [0.29, 0.717) is 5.82 Å². The van der Waals surface area contributed by atoms with Crippen molar-refractivity contribution in [3.05, 3.63) is 40.9 Å². The van der Waals surface area contributed by atoms with E-state index in [-0.39, 0.29) is 0 Å². The first-order chi connectivity index (χ1) is 9.79. The van der Waals surface area contributed by atoms with Crippen molar-refractivity contribution in [2.45, 2.75) is 12.8 Å². The molecule has 1 aliphatic carbocycles. The quantitative estimate of drug-likeness (QED) is 0.711. The molecule has 4 rings (SSSR count). The third kappa shape index (κ3) is 1.87. The molecule has 0 atom stereocenters. The van der Waals surface area contributed by atoms with Gasteiger partial charge in [0.05, 0.1) is 11.9 Å². The number of rotatable bonds is 2. The van der Waals surface area contributed by atoms with Crippen molar-refractivity contribution in [1.82, 2.24) is 20.2 Å². The molecule has 3 heterocycles. The standard InChI is InChI=1S/C13H10FN5S/c14-10-2-1-3-11(16-10)17-13-18-12-7-6-15-19-8(7)4-5-9(12)20-13/h1-3,6H,4-5H2,(H,15,19)(H,16,17,18). The van der Waals surface area contributed by atoms with Crippen LogP contribution in [0.5, 0.6) is 0 Å². The number of aromatic amines is 1. The number of hydrogen-bond donors (Lipinski definition) is 2. The molecule has 0 fully saturated rings. The van der Waals surface area contributed by atoms with E-state index < -0.39 is 5.95 Å². The highest BCUT2D eigenvalue weighted by Gasteiger charge is 2.22. The van der Waals surface area contributed by atoms with Crippen LogP contribution in [-0.2, 0) is 12.8 Å². The van der Waals surface area contributed by atoms with Gasteiger partial charge in [-0.1, -0.05) is 6.07 Å². The van der Waals surface area contributed by atoms with Crippen LogP contribution in [0.15, 0.2) is 24.4 Å². The molecule has 0 amide bonds. The lowest BCUT2D eigenvalue weighted by Gasteiger charge is -2.08. The largest absolute Gasteiger partial charge is 0.316 e. The first kappa shape index (κ1) is 11.5. The predicted molar refractivity (Wildman–Crippen MR) is 74.6 cm³/mol. The van der Waals surface area contributed by atoms with Crippen molar-refractivity contribution in [2.75, 3.05) is 5.32 Å². The predicted octanol–water partition coefficient (Wildman–Crippen LogP) is 2.91. The number of nitrogens with zero attached hydrogens (tertiary/aromatic N) is 3. The van der Waals surface area contributed by atoms with Crippen LogP contribution in [-0.4, -0.2) is 20.2 Å². The van der Waals surface area contributed by atoms with Crippen LogP contribution in [0.4, 0.5) is 15.3 Å². The Morgan fingerprint density at radius 1 is 1.25 bits per heavy atom. The summed E-state index contributed by atoms with van der Waals surface area (Å²) in [6, 6.07) is 4.65. The molecule has 3 aromatic heterocycles. The zero-order chi connectivity index (χ0) is 13.5. The first-order valence-electron chi connectivity index (χ1n) is 6.21. The van der Waals surface area contributed by atoms with Gasteiger partial charge in [-0.05, 0) is 25.0 Å². The molecule has 2 N–H and O–H groups in total. The third-order valence-electron chi connectivity index (χ3n) is 3.22. The minimum Gasteiger partial charge on any atom is -0.316 e. The fourth-order valence-electron chi connectivity index (χ4n) is 2.32. The smallest absolute Gasteiger partial charge is 0.214 e. The number of anilines is 2. The monoisotopic (exact) mass is 287 g/mol. The van der Waals surface area contributed by atoms with Gasteiger partial charge in [-0.15, -0.1) is 11.3 Å². The topological polar surface area (TPSA) is 66.5 Å². The Bertz CT molecular complexity index is 779. The molecule has 100 valence electrons. The van der Waals surface area contributed by atoms with E-state index in [4.69, 9.17) is 0 Å². The maximum absolute atomic E-state index is 13.1. The highest BCUT2D eigenvalue weighted by molar-refractivity contribution is 7.16. The van der Waals surface area contributed by atoms with Gasteiger partial charge in [0.15, 0.2) is 5.13 Å². The van der Waals surface area contributed by atoms with Crippen LogP contribution < -0.4 is 5.32 Å². The van der Waals surface area contributed by atoms with Crippen LogP contribution in [0, 0.1) is 5.95 Å². The minimum atomic E-state index is -0.506. The van der Waals surface area contributed by atoms with Gasteiger partial charge >= 0.3 is 0 Å². The Kier molecular flexibility index (Phi) is 2.53.